The maximum absolute atomic E-state index is 12.6. The fraction of sp³-hybridized carbons (Fsp3) is 0.429. The molecule has 3 aromatic rings. The van der Waals surface area contributed by atoms with Crippen LogP contribution in [-0.4, -0.2) is 41.3 Å². The lowest BCUT2D eigenvalue weighted by Gasteiger charge is -2.17. The van der Waals surface area contributed by atoms with Crippen LogP contribution in [0.3, 0.4) is 0 Å². The van der Waals surface area contributed by atoms with E-state index in [1.54, 1.807) is 38.1 Å². The molecule has 0 radical (unpaired) electrons. The summed E-state index contributed by atoms with van der Waals surface area (Å²) < 4.78 is 12.0. The number of Topliss-reactive ketones (excluding diaryl/α,β-unsaturated/α-hetero) is 2. The molecule has 1 heterocycles. The smallest absolute Gasteiger partial charge is 0.379 e. The van der Waals surface area contributed by atoms with Crippen LogP contribution in [0.5, 0.6) is 0 Å². The zero-order chi connectivity index (χ0) is 25.5. The van der Waals surface area contributed by atoms with Gasteiger partial charge in [-0.25, -0.2) is 9.59 Å². The van der Waals surface area contributed by atoms with Gasteiger partial charge >= 0.3 is 11.9 Å². The molecule has 0 aliphatic rings. The van der Waals surface area contributed by atoms with E-state index in [4.69, 9.17) is 9.47 Å². The minimum atomic E-state index is -0.903. The molecular formula is C28H33NO6. The minimum Gasteiger partial charge on any atom is -0.460 e. The van der Waals surface area contributed by atoms with Gasteiger partial charge in [0.15, 0.2) is 0 Å². The van der Waals surface area contributed by atoms with Crippen LogP contribution < -0.4 is 0 Å². The van der Waals surface area contributed by atoms with Crippen molar-refractivity contribution in [3.8, 4) is 0 Å². The number of rotatable bonds is 12. The van der Waals surface area contributed by atoms with Crippen LogP contribution in [0.4, 0.5) is 0 Å². The van der Waals surface area contributed by atoms with Gasteiger partial charge in [-0.3, -0.25) is 9.59 Å². The monoisotopic (exact) mass is 479 g/mol. The molecule has 2 aromatic carbocycles. The summed E-state index contributed by atoms with van der Waals surface area (Å²) >= 11 is 0. The molecule has 35 heavy (non-hydrogen) atoms. The third kappa shape index (κ3) is 5.61. The number of benzene rings is 2. The first-order valence-corrected chi connectivity index (χ1v) is 12.3. The molecule has 0 fully saturated rings. The Morgan fingerprint density at radius 3 is 1.66 bits per heavy atom. The van der Waals surface area contributed by atoms with Gasteiger partial charge in [-0.15, -0.1) is 0 Å². The van der Waals surface area contributed by atoms with Crippen molar-refractivity contribution >= 4 is 45.3 Å². The summed E-state index contributed by atoms with van der Waals surface area (Å²) in [5.41, 5.74) is 2.23. The average Bonchev–Trinajstić information content (AvgIpc) is 3.17. The molecule has 3 rings (SSSR count). The predicted molar refractivity (Wildman–Crippen MR) is 135 cm³/mol. The Morgan fingerprint density at radius 2 is 1.26 bits per heavy atom. The molecule has 0 bridgehead atoms. The lowest BCUT2D eigenvalue weighted by Crippen LogP contribution is -2.17. The Hall–Kier alpha value is -3.48. The highest BCUT2D eigenvalue weighted by Gasteiger charge is 2.23. The van der Waals surface area contributed by atoms with E-state index in [0.29, 0.717) is 5.92 Å². The van der Waals surface area contributed by atoms with Gasteiger partial charge in [0.2, 0.25) is 0 Å². The van der Waals surface area contributed by atoms with Gasteiger partial charge in [0.05, 0.1) is 13.2 Å². The summed E-state index contributed by atoms with van der Waals surface area (Å²) in [4.78, 5) is 49.3. The standard InChI is InChI=1S/C28H33NO6/c1-5-9-10-18(6-2)17-29-23-13-11-19(25(30)27(32)34-7-3)15-21(23)22-16-20(12-14-24(22)29)26(31)28(33)35-8-4/h11-16,18H,5-10,17H2,1-4H3. The molecule has 7 heteroatoms. The molecule has 0 N–H and O–H groups in total. The number of esters is 2. The minimum absolute atomic E-state index is 0.113. The number of ether oxygens (including phenoxy) is 2. The van der Waals surface area contributed by atoms with Crippen LogP contribution in [0.1, 0.15) is 74.1 Å². The van der Waals surface area contributed by atoms with Gasteiger partial charge in [-0.1, -0.05) is 33.1 Å². The van der Waals surface area contributed by atoms with E-state index in [0.717, 1.165) is 54.0 Å². The highest BCUT2D eigenvalue weighted by atomic mass is 16.5. The van der Waals surface area contributed by atoms with Crippen LogP contribution in [0.15, 0.2) is 36.4 Å². The maximum atomic E-state index is 12.6. The topological polar surface area (TPSA) is 91.7 Å². The quantitative estimate of drug-likeness (QED) is 0.193. The van der Waals surface area contributed by atoms with Crippen molar-refractivity contribution < 1.29 is 28.7 Å². The van der Waals surface area contributed by atoms with Crippen LogP contribution in [0.25, 0.3) is 21.8 Å². The highest BCUT2D eigenvalue weighted by molar-refractivity contribution is 6.42. The zero-order valence-corrected chi connectivity index (χ0v) is 20.9. The average molecular weight is 480 g/mol. The van der Waals surface area contributed by atoms with Gasteiger partial charge in [-0.05, 0) is 62.6 Å². The fourth-order valence-electron chi connectivity index (χ4n) is 4.39. The second-order valence-corrected chi connectivity index (χ2v) is 8.59. The Morgan fingerprint density at radius 1 is 0.771 bits per heavy atom. The molecule has 0 spiro atoms. The maximum Gasteiger partial charge on any atom is 0.379 e. The number of ketones is 2. The summed E-state index contributed by atoms with van der Waals surface area (Å²) in [6, 6.07) is 10.3. The van der Waals surface area contributed by atoms with Gasteiger partial charge in [0.25, 0.3) is 11.6 Å². The number of fused-ring (bicyclic) bond motifs is 3. The summed E-state index contributed by atoms with van der Waals surface area (Å²) in [5.74, 6) is -2.78. The van der Waals surface area contributed by atoms with Gasteiger partial charge in [0.1, 0.15) is 0 Å². The largest absolute Gasteiger partial charge is 0.460 e. The predicted octanol–water partition coefficient (Wildman–Crippen LogP) is 5.50. The second-order valence-electron chi connectivity index (χ2n) is 8.59. The summed E-state index contributed by atoms with van der Waals surface area (Å²) in [7, 11) is 0. The van der Waals surface area contributed by atoms with Crippen molar-refractivity contribution in [1.29, 1.82) is 0 Å². The van der Waals surface area contributed by atoms with Crippen molar-refractivity contribution in [2.75, 3.05) is 13.2 Å². The van der Waals surface area contributed by atoms with E-state index in [9.17, 15) is 19.2 Å². The number of hydrogen-bond donors (Lipinski definition) is 0. The van der Waals surface area contributed by atoms with Crippen LogP contribution in [0, 0.1) is 5.92 Å². The van der Waals surface area contributed by atoms with E-state index in [1.165, 1.54) is 0 Å². The molecule has 0 saturated heterocycles. The number of unbranched alkanes of at least 4 members (excludes halogenated alkanes) is 1. The molecule has 7 nitrogen and oxygen atoms in total. The van der Waals surface area contributed by atoms with Crippen LogP contribution in [-0.2, 0) is 25.6 Å². The van der Waals surface area contributed by atoms with Crippen molar-refractivity contribution in [3.05, 3.63) is 47.5 Å². The normalized spacial score (nSPS) is 12.0. The lowest BCUT2D eigenvalue weighted by molar-refractivity contribution is -0.138. The SMILES string of the molecule is CCCCC(CC)Cn1c2ccc(C(=O)C(=O)OCC)cc2c2cc(C(=O)C(=O)OCC)ccc21. The van der Waals surface area contributed by atoms with Crippen molar-refractivity contribution in [3.63, 3.8) is 0 Å². The van der Waals surface area contributed by atoms with Crippen molar-refractivity contribution in [2.24, 2.45) is 5.92 Å². The third-order valence-electron chi connectivity index (χ3n) is 6.29. The molecule has 1 unspecified atom stereocenters. The van der Waals surface area contributed by atoms with E-state index in [2.05, 4.69) is 18.4 Å². The molecule has 0 aliphatic heterocycles. The third-order valence-corrected chi connectivity index (χ3v) is 6.29. The number of hydrogen-bond acceptors (Lipinski definition) is 6. The highest BCUT2D eigenvalue weighted by Crippen LogP contribution is 2.33. The van der Waals surface area contributed by atoms with E-state index in [1.807, 2.05) is 12.1 Å². The van der Waals surface area contributed by atoms with Gasteiger partial charge in [0, 0.05) is 39.5 Å². The molecule has 1 atom stereocenters. The Labute approximate surface area is 205 Å². The van der Waals surface area contributed by atoms with Gasteiger partial charge in [-0.2, -0.15) is 0 Å². The molecule has 0 amide bonds. The molecular weight excluding hydrogens is 446 g/mol. The number of carbonyl (C=O) groups is 4. The number of aromatic nitrogens is 1. The van der Waals surface area contributed by atoms with E-state index < -0.39 is 23.5 Å². The Kier molecular flexibility index (Phi) is 8.79. The summed E-state index contributed by atoms with van der Waals surface area (Å²) in [6.07, 6.45) is 4.40. The number of carbonyl (C=O) groups excluding carboxylic acids is 4. The van der Waals surface area contributed by atoms with Gasteiger partial charge < -0.3 is 14.0 Å². The van der Waals surface area contributed by atoms with Crippen LogP contribution >= 0.6 is 0 Å². The molecule has 0 saturated carbocycles. The first-order valence-electron chi connectivity index (χ1n) is 12.3. The Bertz CT molecular complexity index is 1170. The van der Waals surface area contributed by atoms with Crippen molar-refractivity contribution in [1.82, 2.24) is 4.57 Å². The molecule has 0 aliphatic carbocycles. The fourth-order valence-corrected chi connectivity index (χ4v) is 4.39. The van der Waals surface area contributed by atoms with Crippen molar-refractivity contribution in [2.45, 2.75) is 59.9 Å². The Balaban J connectivity index is 2.17. The lowest BCUT2D eigenvalue weighted by atomic mass is 9.99. The van der Waals surface area contributed by atoms with E-state index >= 15 is 0 Å². The molecule has 1 aromatic heterocycles. The first kappa shape index (κ1) is 26.1. The molecule has 186 valence electrons. The zero-order valence-electron chi connectivity index (χ0n) is 20.9. The second kappa shape index (κ2) is 11.8. The summed E-state index contributed by atoms with van der Waals surface area (Å²) in [5, 5.41) is 1.47. The number of nitrogens with zero attached hydrogens (tertiary/aromatic N) is 1. The van der Waals surface area contributed by atoms with E-state index in [-0.39, 0.29) is 24.3 Å². The van der Waals surface area contributed by atoms with Crippen LogP contribution in [0.2, 0.25) is 0 Å². The summed E-state index contributed by atoms with van der Waals surface area (Å²) in [6.45, 7) is 8.66. The first-order chi connectivity index (χ1) is 16.9.